The van der Waals surface area contributed by atoms with Gasteiger partial charge in [-0.1, -0.05) is 6.92 Å². The van der Waals surface area contributed by atoms with E-state index >= 15 is 0 Å². The zero-order chi connectivity index (χ0) is 15.3. The zero-order valence-corrected chi connectivity index (χ0v) is 12.9. The average molecular weight is 300 g/mol. The van der Waals surface area contributed by atoms with Crippen LogP contribution < -0.4 is 5.32 Å². The number of hydrogen-bond acceptors (Lipinski definition) is 5. The lowest BCUT2D eigenvalue weighted by Crippen LogP contribution is -2.35. The number of alkyl carbamates (subject to hydrolysis) is 1. The summed E-state index contributed by atoms with van der Waals surface area (Å²) in [5, 5.41) is 12.1. The third kappa shape index (κ3) is 5.56. The molecule has 0 radical (unpaired) electrons. The van der Waals surface area contributed by atoms with Crippen molar-refractivity contribution in [2.24, 2.45) is 0 Å². The van der Waals surface area contributed by atoms with Gasteiger partial charge < -0.3 is 15.2 Å². The number of carbonyl (C=O) groups is 2. The number of carboxylic acids is 1. The summed E-state index contributed by atoms with van der Waals surface area (Å²) < 4.78 is 5.14. The summed E-state index contributed by atoms with van der Waals surface area (Å²) in [4.78, 5) is 27.9. The molecule has 1 atom stereocenters. The molecule has 0 aromatic carbocycles. The minimum atomic E-state index is -1.00. The maximum atomic E-state index is 11.8. The van der Waals surface area contributed by atoms with Crippen LogP contribution in [0.15, 0.2) is 6.20 Å². The Kier molecular flexibility index (Phi) is 5.50. The van der Waals surface area contributed by atoms with Crippen LogP contribution in [0.3, 0.4) is 0 Å². The minimum absolute atomic E-state index is 0.226. The summed E-state index contributed by atoms with van der Waals surface area (Å²) in [6, 6.07) is -0.673. The van der Waals surface area contributed by atoms with Crippen LogP contribution in [0.1, 0.15) is 50.0 Å². The number of aliphatic carboxylic acids is 1. The number of carboxylic acid groups (broad SMARTS) is 1. The monoisotopic (exact) mass is 300 g/mol. The summed E-state index contributed by atoms with van der Waals surface area (Å²) in [6.45, 7) is 7.23. The second-order valence-corrected chi connectivity index (χ2v) is 6.46. The second-order valence-electron chi connectivity index (χ2n) is 5.32. The van der Waals surface area contributed by atoms with Gasteiger partial charge in [0.05, 0.1) is 12.5 Å². The van der Waals surface area contributed by atoms with Crippen LogP contribution in [-0.2, 0) is 16.0 Å². The van der Waals surface area contributed by atoms with Crippen LogP contribution >= 0.6 is 11.3 Å². The Morgan fingerprint density at radius 3 is 2.60 bits per heavy atom. The number of nitrogens with zero attached hydrogens (tertiary/aromatic N) is 1. The predicted molar refractivity (Wildman–Crippen MR) is 75.9 cm³/mol. The van der Waals surface area contributed by atoms with Gasteiger partial charge >= 0.3 is 12.1 Å². The van der Waals surface area contributed by atoms with E-state index in [1.165, 1.54) is 11.3 Å². The standard InChI is InChI=1S/C13H20N2O4S/c1-5-8-7-14-11(20-8)9(6-10(16)17)15-12(18)19-13(2,3)4/h7,9H,5-6H2,1-4H3,(H,15,18)(H,16,17)/t9-/m1/s1. The highest BCUT2D eigenvalue weighted by Gasteiger charge is 2.24. The number of aryl methyl sites for hydroxylation is 1. The number of ether oxygens (including phenoxy) is 1. The van der Waals surface area contributed by atoms with Crippen molar-refractivity contribution in [2.45, 2.75) is 52.2 Å². The Morgan fingerprint density at radius 1 is 1.50 bits per heavy atom. The average Bonchev–Trinajstić information content (AvgIpc) is 2.73. The number of thiazole rings is 1. The molecular weight excluding hydrogens is 280 g/mol. The van der Waals surface area contributed by atoms with Crippen LogP contribution in [0.4, 0.5) is 4.79 Å². The van der Waals surface area contributed by atoms with Gasteiger partial charge in [-0.05, 0) is 27.2 Å². The first-order valence-corrected chi connectivity index (χ1v) is 7.19. The molecule has 1 amide bonds. The van der Waals surface area contributed by atoms with E-state index in [9.17, 15) is 9.59 Å². The minimum Gasteiger partial charge on any atom is -0.481 e. The van der Waals surface area contributed by atoms with Gasteiger partial charge in [0.25, 0.3) is 0 Å². The molecule has 2 N–H and O–H groups in total. The zero-order valence-electron chi connectivity index (χ0n) is 12.1. The quantitative estimate of drug-likeness (QED) is 0.873. The first-order valence-electron chi connectivity index (χ1n) is 6.37. The Labute approximate surface area is 122 Å². The van der Waals surface area contributed by atoms with E-state index < -0.39 is 23.7 Å². The van der Waals surface area contributed by atoms with Crippen molar-refractivity contribution >= 4 is 23.4 Å². The van der Waals surface area contributed by atoms with Gasteiger partial charge in [0.2, 0.25) is 0 Å². The van der Waals surface area contributed by atoms with E-state index in [0.29, 0.717) is 5.01 Å². The Bertz CT molecular complexity index is 479. The fraction of sp³-hybridized carbons (Fsp3) is 0.615. The molecule has 6 nitrogen and oxygen atoms in total. The molecule has 0 spiro atoms. The molecule has 0 fully saturated rings. The number of rotatable bonds is 5. The third-order valence-corrected chi connectivity index (χ3v) is 3.54. The van der Waals surface area contributed by atoms with Gasteiger partial charge in [0, 0.05) is 11.1 Å². The first kappa shape index (κ1) is 16.4. The molecule has 1 aromatic rings. The summed E-state index contributed by atoms with van der Waals surface area (Å²) in [7, 11) is 0. The number of aromatic nitrogens is 1. The molecule has 0 saturated heterocycles. The topological polar surface area (TPSA) is 88.5 Å². The van der Waals surface area contributed by atoms with E-state index in [1.807, 2.05) is 6.92 Å². The first-order chi connectivity index (χ1) is 9.21. The van der Waals surface area contributed by atoms with E-state index in [0.717, 1.165) is 11.3 Å². The third-order valence-electron chi connectivity index (χ3n) is 2.29. The summed E-state index contributed by atoms with van der Waals surface area (Å²) in [6.07, 6.45) is 1.66. The highest BCUT2D eigenvalue weighted by Crippen LogP contribution is 2.23. The number of nitrogens with one attached hydrogen (secondary N) is 1. The largest absolute Gasteiger partial charge is 0.481 e. The van der Waals surface area contributed by atoms with Gasteiger partial charge in [-0.15, -0.1) is 11.3 Å². The Morgan fingerprint density at radius 2 is 2.15 bits per heavy atom. The van der Waals surface area contributed by atoms with Gasteiger partial charge in [-0.25, -0.2) is 9.78 Å². The Balaban J connectivity index is 2.79. The molecule has 20 heavy (non-hydrogen) atoms. The molecule has 0 aliphatic rings. The summed E-state index contributed by atoms with van der Waals surface area (Å²) >= 11 is 1.40. The van der Waals surface area contributed by atoms with Crippen LogP contribution in [0.25, 0.3) is 0 Å². The molecule has 112 valence electrons. The van der Waals surface area contributed by atoms with Crippen molar-refractivity contribution in [3.05, 3.63) is 16.1 Å². The van der Waals surface area contributed by atoms with Crippen LogP contribution in [0.5, 0.6) is 0 Å². The van der Waals surface area contributed by atoms with Gasteiger partial charge in [0.15, 0.2) is 0 Å². The fourth-order valence-electron chi connectivity index (χ4n) is 1.47. The van der Waals surface area contributed by atoms with Crippen molar-refractivity contribution in [3.63, 3.8) is 0 Å². The highest BCUT2D eigenvalue weighted by molar-refractivity contribution is 7.11. The number of carbonyl (C=O) groups excluding carboxylic acids is 1. The molecule has 0 saturated carbocycles. The van der Waals surface area contributed by atoms with Crippen molar-refractivity contribution in [3.8, 4) is 0 Å². The van der Waals surface area contributed by atoms with Crippen molar-refractivity contribution in [1.29, 1.82) is 0 Å². The van der Waals surface area contributed by atoms with Crippen LogP contribution in [0, 0.1) is 0 Å². The molecule has 0 unspecified atom stereocenters. The molecule has 0 aliphatic heterocycles. The lowest BCUT2D eigenvalue weighted by molar-refractivity contribution is -0.137. The molecule has 7 heteroatoms. The van der Waals surface area contributed by atoms with Gasteiger partial charge in [-0.3, -0.25) is 4.79 Å². The molecule has 1 rings (SSSR count). The number of amides is 1. The maximum Gasteiger partial charge on any atom is 0.408 e. The molecule has 0 bridgehead atoms. The molecule has 1 aromatic heterocycles. The Hall–Kier alpha value is -1.63. The lowest BCUT2D eigenvalue weighted by Gasteiger charge is -2.22. The number of hydrogen-bond donors (Lipinski definition) is 2. The molecular formula is C13H20N2O4S. The van der Waals surface area contributed by atoms with Crippen molar-refractivity contribution < 1.29 is 19.4 Å². The predicted octanol–water partition coefficient (Wildman–Crippen LogP) is 2.75. The van der Waals surface area contributed by atoms with Crippen molar-refractivity contribution in [2.75, 3.05) is 0 Å². The fourth-order valence-corrected chi connectivity index (χ4v) is 2.38. The van der Waals surface area contributed by atoms with Crippen LogP contribution in [0.2, 0.25) is 0 Å². The second kappa shape index (κ2) is 6.69. The van der Waals surface area contributed by atoms with E-state index in [1.54, 1.807) is 27.0 Å². The van der Waals surface area contributed by atoms with E-state index in [2.05, 4.69) is 10.3 Å². The van der Waals surface area contributed by atoms with E-state index in [-0.39, 0.29) is 6.42 Å². The highest BCUT2D eigenvalue weighted by atomic mass is 32.1. The van der Waals surface area contributed by atoms with Gasteiger partial charge in [0.1, 0.15) is 10.6 Å². The summed E-state index contributed by atoms with van der Waals surface area (Å²) in [5.41, 5.74) is -0.630. The maximum absolute atomic E-state index is 11.8. The molecule has 0 aliphatic carbocycles. The summed E-state index contributed by atoms with van der Waals surface area (Å²) in [5.74, 6) is -1.00. The van der Waals surface area contributed by atoms with E-state index in [4.69, 9.17) is 9.84 Å². The van der Waals surface area contributed by atoms with Gasteiger partial charge in [-0.2, -0.15) is 0 Å². The van der Waals surface area contributed by atoms with Crippen LogP contribution in [-0.4, -0.2) is 27.8 Å². The normalized spacial score (nSPS) is 12.8. The van der Waals surface area contributed by atoms with Crippen molar-refractivity contribution in [1.82, 2.24) is 10.3 Å². The lowest BCUT2D eigenvalue weighted by atomic mass is 10.2. The smallest absolute Gasteiger partial charge is 0.408 e. The molecule has 1 heterocycles. The SMILES string of the molecule is CCc1cnc([C@@H](CC(=O)O)NC(=O)OC(C)(C)C)s1.